The predicted octanol–water partition coefficient (Wildman–Crippen LogP) is 1.68. The summed E-state index contributed by atoms with van der Waals surface area (Å²) in [7, 11) is 4.12. The Labute approximate surface area is 115 Å². The van der Waals surface area contributed by atoms with Gasteiger partial charge in [-0.2, -0.15) is 0 Å². The number of nitrogens with one attached hydrogen (secondary N) is 1. The molecule has 4 heteroatoms. The van der Waals surface area contributed by atoms with Crippen LogP contribution in [0.25, 0.3) is 0 Å². The van der Waals surface area contributed by atoms with Gasteiger partial charge in [-0.3, -0.25) is 0 Å². The van der Waals surface area contributed by atoms with Crippen molar-refractivity contribution in [2.75, 3.05) is 40.4 Å². The highest BCUT2D eigenvalue weighted by Gasteiger charge is 2.27. The van der Waals surface area contributed by atoms with Crippen LogP contribution in [0.2, 0.25) is 0 Å². The lowest BCUT2D eigenvalue weighted by Gasteiger charge is -2.35. The highest BCUT2D eigenvalue weighted by Crippen LogP contribution is 2.25. The van der Waals surface area contributed by atoms with Gasteiger partial charge in [0.15, 0.2) is 0 Å². The molecule has 1 saturated heterocycles. The standard InChI is InChI=1S/C15H24N2O2/c1-4-18-13-7-5-6-12(10-13)15(16-2)14-11-17(3)8-9-19-14/h5-7,10,14-16H,4,8-9,11H2,1-3H3. The summed E-state index contributed by atoms with van der Waals surface area (Å²) < 4.78 is 11.5. The Morgan fingerprint density at radius 2 is 2.37 bits per heavy atom. The Hall–Kier alpha value is -1.10. The molecule has 0 aromatic heterocycles. The van der Waals surface area contributed by atoms with Crippen LogP contribution in [0.15, 0.2) is 24.3 Å². The summed E-state index contributed by atoms with van der Waals surface area (Å²) in [5.41, 5.74) is 1.22. The molecule has 0 saturated carbocycles. The average molecular weight is 264 g/mol. The normalized spacial score (nSPS) is 22.2. The van der Waals surface area contributed by atoms with Gasteiger partial charge in [-0.05, 0) is 38.7 Å². The Kier molecular flexibility index (Phi) is 5.19. The monoisotopic (exact) mass is 264 g/mol. The topological polar surface area (TPSA) is 33.7 Å². The number of morpholine rings is 1. The number of rotatable bonds is 5. The van der Waals surface area contributed by atoms with Crippen molar-refractivity contribution in [1.29, 1.82) is 0 Å². The largest absolute Gasteiger partial charge is 0.494 e. The fourth-order valence-corrected chi connectivity index (χ4v) is 2.54. The van der Waals surface area contributed by atoms with Crippen molar-refractivity contribution in [3.8, 4) is 5.75 Å². The second-order valence-electron chi connectivity index (χ2n) is 4.94. The fraction of sp³-hybridized carbons (Fsp3) is 0.600. The van der Waals surface area contributed by atoms with Gasteiger partial charge in [0.1, 0.15) is 5.75 Å². The smallest absolute Gasteiger partial charge is 0.119 e. The molecule has 4 nitrogen and oxygen atoms in total. The first-order valence-corrected chi connectivity index (χ1v) is 6.94. The van der Waals surface area contributed by atoms with Crippen LogP contribution in [0, 0.1) is 0 Å². The van der Waals surface area contributed by atoms with E-state index in [1.54, 1.807) is 0 Å². The molecule has 1 aromatic rings. The van der Waals surface area contributed by atoms with E-state index < -0.39 is 0 Å². The third kappa shape index (κ3) is 3.69. The molecule has 1 aromatic carbocycles. The molecule has 2 rings (SSSR count). The van der Waals surface area contributed by atoms with Crippen LogP contribution in [0.4, 0.5) is 0 Å². The molecule has 1 heterocycles. The van der Waals surface area contributed by atoms with Gasteiger partial charge in [-0.25, -0.2) is 0 Å². The van der Waals surface area contributed by atoms with Gasteiger partial charge in [0.05, 0.1) is 25.4 Å². The van der Waals surface area contributed by atoms with Crippen molar-refractivity contribution < 1.29 is 9.47 Å². The zero-order valence-corrected chi connectivity index (χ0v) is 12.1. The third-order valence-corrected chi connectivity index (χ3v) is 3.51. The molecular formula is C15H24N2O2. The fourth-order valence-electron chi connectivity index (χ4n) is 2.54. The first-order chi connectivity index (χ1) is 9.24. The van der Waals surface area contributed by atoms with E-state index in [9.17, 15) is 0 Å². The van der Waals surface area contributed by atoms with E-state index in [2.05, 4.69) is 29.4 Å². The Bertz CT molecular complexity index is 397. The van der Waals surface area contributed by atoms with Gasteiger partial charge in [0.2, 0.25) is 0 Å². The zero-order chi connectivity index (χ0) is 13.7. The highest BCUT2D eigenvalue weighted by molar-refractivity contribution is 5.31. The lowest BCUT2D eigenvalue weighted by molar-refractivity contribution is -0.0380. The number of hydrogen-bond acceptors (Lipinski definition) is 4. The second kappa shape index (κ2) is 6.89. The summed E-state index contributed by atoms with van der Waals surface area (Å²) in [6, 6.07) is 8.46. The van der Waals surface area contributed by atoms with Crippen molar-refractivity contribution in [2.24, 2.45) is 0 Å². The van der Waals surface area contributed by atoms with Crippen LogP contribution in [0.3, 0.4) is 0 Å². The van der Waals surface area contributed by atoms with E-state index in [1.807, 2.05) is 26.1 Å². The molecular weight excluding hydrogens is 240 g/mol. The van der Waals surface area contributed by atoms with E-state index in [0.717, 1.165) is 25.4 Å². The quantitative estimate of drug-likeness (QED) is 0.877. The SMILES string of the molecule is CCOc1cccc(C(NC)C2CN(C)CCO2)c1. The van der Waals surface area contributed by atoms with Crippen molar-refractivity contribution in [3.63, 3.8) is 0 Å². The minimum absolute atomic E-state index is 0.181. The summed E-state index contributed by atoms with van der Waals surface area (Å²) in [6.07, 6.45) is 0.181. The van der Waals surface area contributed by atoms with Gasteiger partial charge >= 0.3 is 0 Å². The van der Waals surface area contributed by atoms with Gasteiger partial charge in [0.25, 0.3) is 0 Å². The number of nitrogens with zero attached hydrogens (tertiary/aromatic N) is 1. The minimum Gasteiger partial charge on any atom is -0.494 e. The number of ether oxygens (including phenoxy) is 2. The highest BCUT2D eigenvalue weighted by atomic mass is 16.5. The van der Waals surface area contributed by atoms with Gasteiger partial charge in [-0.1, -0.05) is 12.1 Å². The lowest BCUT2D eigenvalue weighted by atomic mass is 10.00. The molecule has 1 N–H and O–H groups in total. The molecule has 0 spiro atoms. The first kappa shape index (κ1) is 14.3. The third-order valence-electron chi connectivity index (χ3n) is 3.51. The molecule has 0 radical (unpaired) electrons. The number of likely N-dealkylation sites (N-methyl/N-ethyl adjacent to an activating group) is 2. The molecule has 1 aliphatic rings. The van der Waals surface area contributed by atoms with Crippen LogP contribution in [0.1, 0.15) is 18.5 Å². The van der Waals surface area contributed by atoms with E-state index in [0.29, 0.717) is 6.61 Å². The van der Waals surface area contributed by atoms with Crippen LogP contribution < -0.4 is 10.1 Å². The van der Waals surface area contributed by atoms with Gasteiger partial charge in [0, 0.05) is 13.1 Å². The lowest BCUT2D eigenvalue weighted by Crippen LogP contribution is -2.46. The maximum atomic E-state index is 5.91. The van der Waals surface area contributed by atoms with Crippen LogP contribution in [-0.2, 0) is 4.74 Å². The molecule has 0 bridgehead atoms. The summed E-state index contributed by atoms with van der Waals surface area (Å²) in [5.74, 6) is 0.921. The van der Waals surface area contributed by atoms with Crippen molar-refractivity contribution in [3.05, 3.63) is 29.8 Å². The summed E-state index contributed by atoms with van der Waals surface area (Å²) in [6.45, 7) is 5.44. The zero-order valence-electron chi connectivity index (χ0n) is 12.1. The molecule has 2 atom stereocenters. The summed E-state index contributed by atoms with van der Waals surface area (Å²) >= 11 is 0. The van der Waals surface area contributed by atoms with Gasteiger partial charge in [-0.15, -0.1) is 0 Å². The predicted molar refractivity (Wildman–Crippen MR) is 76.6 cm³/mol. The molecule has 2 unspecified atom stereocenters. The average Bonchev–Trinajstić information content (AvgIpc) is 2.41. The Morgan fingerprint density at radius 1 is 1.53 bits per heavy atom. The van der Waals surface area contributed by atoms with Crippen LogP contribution in [0.5, 0.6) is 5.75 Å². The van der Waals surface area contributed by atoms with E-state index in [1.165, 1.54) is 5.56 Å². The van der Waals surface area contributed by atoms with Crippen LogP contribution >= 0.6 is 0 Å². The van der Waals surface area contributed by atoms with E-state index in [-0.39, 0.29) is 12.1 Å². The molecule has 19 heavy (non-hydrogen) atoms. The number of hydrogen-bond donors (Lipinski definition) is 1. The van der Waals surface area contributed by atoms with Crippen molar-refractivity contribution in [1.82, 2.24) is 10.2 Å². The molecule has 106 valence electrons. The Balaban J connectivity index is 2.13. The first-order valence-electron chi connectivity index (χ1n) is 6.94. The maximum absolute atomic E-state index is 5.91. The second-order valence-corrected chi connectivity index (χ2v) is 4.94. The van der Waals surface area contributed by atoms with Crippen LogP contribution in [-0.4, -0.2) is 51.4 Å². The van der Waals surface area contributed by atoms with Crippen molar-refractivity contribution >= 4 is 0 Å². The Morgan fingerprint density at radius 3 is 3.05 bits per heavy atom. The maximum Gasteiger partial charge on any atom is 0.119 e. The molecule has 0 aliphatic carbocycles. The molecule has 1 aliphatic heterocycles. The summed E-state index contributed by atoms with van der Waals surface area (Å²) in [4.78, 5) is 2.31. The van der Waals surface area contributed by atoms with Crippen molar-refractivity contribution in [2.45, 2.75) is 19.1 Å². The molecule has 0 amide bonds. The molecule has 1 fully saturated rings. The minimum atomic E-state index is 0.181. The van der Waals surface area contributed by atoms with E-state index >= 15 is 0 Å². The number of benzene rings is 1. The van der Waals surface area contributed by atoms with E-state index in [4.69, 9.17) is 9.47 Å². The summed E-state index contributed by atoms with van der Waals surface area (Å²) in [5, 5.41) is 3.37. The van der Waals surface area contributed by atoms with Gasteiger partial charge < -0.3 is 19.7 Å².